The first-order chi connectivity index (χ1) is 15.2. The molecule has 2 aromatic heterocycles. The Hall–Kier alpha value is -3.45. The molecule has 2 aromatic carbocycles. The second kappa shape index (κ2) is 8.59. The van der Waals surface area contributed by atoms with E-state index in [1.165, 1.54) is 12.1 Å². The van der Waals surface area contributed by atoms with Crippen LogP contribution in [0.5, 0.6) is 5.75 Å². The molecular formula is C25H25FN2O4. The maximum Gasteiger partial charge on any atom is 0.357 e. The fraction of sp³-hybridized carbons (Fsp3) is 0.280. The highest BCUT2D eigenvalue weighted by Gasteiger charge is 2.24. The first kappa shape index (κ1) is 21.8. The van der Waals surface area contributed by atoms with E-state index in [-0.39, 0.29) is 18.1 Å². The standard InChI is InChI=1S/C25H25FN2O4/c1-25(2,3)32-24(29)23-19(14-30-4)22-18-11-17(9-10-20(18)28-21(22)12-27-23)31-13-15-5-7-16(26)8-6-15/h5-12,28H,13-14H2,1-4H3. The fourth-order valence-electron chi connectivity index (χ4n) is 3.56. The van der Waals surface area contributed by atoms with Crippen LogP contribution < -0.4 is 4.74 Å². The molecule has 0 fully saturated rings. The number of nitrogens with zero attached hydrogens (tertiary/aromatic N) is 1. The van der Waals surface area contributed by atoms with Gasteiger partial charge in [-0.05, 0) is 56.7 Å². The number of benzene rings is 2. The predicted octanol–water partition coefficient (Wildman–Crippen LogP) is 5.54. The van der Waals surface area contributed by atoms with Gasteiger partial charge in [-0.1, -0.05) is 12.1 Å². The van der Waals surface area contributed by atoms with E-state index in [1.807, 2.05) is 39.0 Å². The van der Waals surface area contributed by atoms with E-state index in [9.17, 15) is 9.18 Å². The van der Waals surface area contributed by atoms with E-state index in [1.54, 1.807) is 25.4 Å². The van der Waals surface area contributed by atoms with Gasteiger partial charge >= 0.3 is 5.97 Å². The maximum absolute atomic E-state index is 13.1. The summed E-state index contributed by atoms with van der Waals surface area (Å²) in [7, 11) is 1.57. The molecule has 0 bridgehead atoms. The van der Waals surface area contributed by atoms with Gasteiger partial charge in [0.1, 0.15) is 23.8 Å². The number of carbonyl (C=O) groups is 1. The van der Waals surface area contributed by atoms with Crippen LogP contribution in [-0.4, -0.2) is 28.6 Å². The van der Waals surface area contributed by atoms with Crippen molar-refractivity contribution >= 4 is 27.8 Å². The number of aromatic nitrogens is 2. The number of fused-ring (bicyclic) bond motifs is 3. The van der Waals surface area contributed by atoms with E-state index in [2.05, 4.69) is 9.97 Å². The molecule has 0 aliphatic heterocycles. The molecule has 4 aromatic rings. The number of hydrogen-bond acceptors (Lipinski definition) is 5. The molecule has 6 nitrogen and oxygen atoms in total. The Labute approximate surface area is 185 Å². The lowest BCUT2D eigenvalue weighted by Gasteiger charge is -2.20. The molecule has 0 saturated carbocycles. The molecule has 1 N–H and O–H groups in total. The highest BCUT2D eigenvalue weighted by molar-refractivity contribution is 6.11. The summed E-state index contributed by atoms with van der Waals surface area (Å²) in [5.74, 6) is -0.125. The van der Waals surface area contributed by atoms with Gasteiger partial charge in [0.05, 0.1) is 18.3 Å². The number of ether oxygens (including phenoxy) is 3. The zero-order chi connectivity index (χ0) is 22.9. The second-order valence-corrected chi connectivity index (χ2v) is 8.56. The maximum atomic E-state index is 13.1. The minimum Gasteiger partial charge on any atom is -0.489 e. The smallest absolute Gasteiger partial charge is 0.357 e. The average molecular weight is 436 g/mol. The third-order valence-electron chi connectivity index (χ3n) is 4.91. The van der Waals surface area contributed by atoms with Crippen LogP contribution in [0.25, 0.3) is 21.8 Å². The number of carbonyl (C=O) groups excluding carboxylic acids is 1. The normalized spacial score (nSPS) is 11.8. The highest BCUT2D eigenvalue weighted by atomic mass is 19.1. The number of aromatic amines is 1. The summed E-state index contributed by atoms with van der Waals surface area (Å²) < 4.78 is 30.0. The number of pyridine rings is 1. The lowest BCUT2D eigenvalue weighted by atomic mass is 10.1. The summed E-state index contributed by atoms with van der Waals surface area (Å²) in [6.45, 7) is 5.96. The van der Waals surface area contributed by atoms with Crippen molar-refractivity contribution in [3.63, 3.8) is 0 Å². The van der Waals surface area contributed by atoms with Crippen molar-refractivity contribution in [2.24, 2.45) is 0 Å². The van der Waals surface area contributed by atoms with Gasteiger partial charge in [-0.2, -0.15) is 0 Å². The first-order valence-electron chi connectivity index (χ1n) is 10.3. The van der Waals surface area contributed by atoms with Gasteiger partial charge in [0.2, 0.25) is 0 Å². The third-order valence-corrected chi connectivity index (χ3v) is 4.91. The number of rotatable bonds is 6. The zero-order valence-corrected chi connectivity index (χ0v) is 18.5. The predicted molar refractivity (Wildman–Crippen MR) is 120 cm³/mol. The molecule has 166 valence electrons. The molecule has 0 aliphatic carbocycles. The Morgan fingerprint density at radius 3 is 2.50 bits per heavy atom. The van der Waals surface area contributed by atoms with Gasteiger partial charge in [0.25, 0.3) is 0 Å². The Bertz CT molecular complexity index is 1270. The molecule has 0 saturated heterocycles. The van der Waals surface area contributed by atoms with Crippen LogP contribution in [0.4, 0.5) is 4.39 Å². The van der Waals surface area contributed by atoms with E-state index >= 15 is 0 Å². The van der Waals surface area contributed by atoms with Crippen LogP contribution in [0.15, 0.2) is 48.7 Å². The summed E-state index contributed by atoms with van der Waals surface area (Å²) in [6, 6.07) is 11.9. The fourth-order valence-corrected chi connectivity index (χ4v) is 3.56. The molecule has 0 aliphatic rings. The monoisotopic (exact) mass is 436 g/mol. The van der Waals surface area contributed by atoms with Crippen LogP contribution in [-0.2, 0) is 22.7 Å². The third kappa shape index (κ3) is 4.57. The number of H-pyrrole nitrogens is 1. The Balaban J connectivity index is 1.75. The van der Waals surface area contributed by atoms with E-state index in [0.29, 0.717) is 17.9 Å². The van der Waals surface area contributed by atoms with Gasteiger partial charge in [-0.15, -0.1) is 0 Å². The van der Waals surface area contributed by atoms with Crippen LogP contribution in [0.2, 0.25) is 0 Å². The molecule has 0 unspecified atom stereocenters. The molecule has 0 radical (unpaired) electrons. The van der Waals surface area contributed by atoms with Crippen molar-refractivity contribution in [2.75, 3.05) is 7.11 Å². The lowest BCUT2D eigenvalue weighted by Crippen LogP contribution is -2.25. The van der Waals surface area contributed by atoms with Crippen LogP contribution >= 0.6 is 0 Å². The van der Waals surface area contributed by atoms with Crippen LogP contribution in [0, 0.1) is 5.82 Å². The summed E-state index contributed by atoms with van der Waals surface area (Å²) in [5, 5.41) is 1.72. The number of nitrogens with one attached hydrogen (secondary N) is 1. The zero-order valence-electron chi connectivity index (χ0n) is 18.5. The molecule has 4 rings (SSSR count). The summed E-state index contributed by atoms with van der Waals surface area (Å²) in [5.41, 5.74) is 2.78. The van der Waals surface area contributed by atoms with Crippen LogP contribution in [0.1, 0.15) is 42.4 Å². The van der Waals surface area contributed by atoms with Crippen LogP contribution in [0.3, 0.4) is 0 Å². The Morgan fingerprint density at radius 1 is 1.06 bits per heavy atom. The van der Waals surface area contributed by atoms with Crippen molar-refractivity contribution in [3.8, 4) is 5.75 Å². The topological polar surface area (TPSA) is 73.4 Å². The first-order valence-corrected chi connectivity index (χ1v) is 10.3. The van der Waals surface area contributed by atoms with E-state index < -0.39 is 11.6 Å². The molecular weight excluding hydrogens is 411 g/mol. The summed E-state index contributed by atoms with van der Waals surface area (Å²) in [4.78, 5) is 20.5. The summed E-state index contributed by atoms with van der Waals surface area (Å²) in [6.07, 6.45) is 1.63. The molecule has 7 heteroatoms. The SMILES string of the molecule is COCc1c(C(=O)OC(C)(C)C)ncc2[nH]c3ccc(OCc4ccc(F)cc4)cc3c12. The second-order valence-electron chi connectivity index (χ2n) is 8.56. The van der Waals surface area contributed by atoms with Crippen molar-refractivity contribution in [1.82, 2.24) is 9.97 Å². The number of hydrogen-bond donors (Lipinski definition) is 1. The van der Waals surface area contributed by atoms with E-state index in [4.69, 9.17) is 14.2 Å². The molecule has 0 atom stereocenters. The molecule has 32 heavy (non-hydrogen) atoms. The van der Waals surface area contributed by atoms with Crippen molar-refractivity contribution in [3.05, 3.63) is 71.3 Å². The Kier molecular flexibility index (Phi) is 5.84. The number of esters is 1. The minimum absolute atomic E-state index is 0.201. The van der Waals surface area contributed by atoms with Gasteiger partial charge in [0.15, 0.2) is 5.69 Å². The summed E-state index contributed by atoms with van der Waals surface area (Å²) >= 11 is 0. The molecule has 2 heterocycles. The van der Waals surface area contributed by atoms with Crippen molar-refractivity contribution in [1.29, 1.82) is 0 Å². The van der Waals surface area contributed by atoms with Crippen molar-refractivity contribution in [2.45, 2.75) is 39.6 Å². The average Bonchev–Trinajstić information content (AvgIpc) is 3.10. The molecule has 0 spiro atoms. The van der Waals surface area contributed by atoms with Gasteiger partial charge in [-0.25, -0.2) is 14.2 Å². The Morgan fingerprint density at radius 2 is 1.81 bits per heavy atom. The number of methoxy groups -OCH3 is 1. The van der Waals surface area contributed by atoms with E-state index in [0.717, 1.165) is 27.4 Å². The van der Waals surface area contributed by atoms with Gasteiger partial charge in [-0.3, -0.25) is 0 Å². The van der Waals surface area contributed by atoms with Crippen molar-refractivity contribution < 1.29 is 23.4 Å². The number of halogens is 1. The largest absolute Gasteiger partial charge is 0.489 e. The van der Waals surface area contributed by atoms with Gasteiger partial charge < -0.3 is 19.2 Å². The molecule has 0 amide bonds. The van der Waals surface area contributed by atoms with Gasteiger partial charge in [0, 0.05) is 29.0 Å². The highest BCUT2D eigenvalue weighted by Crippen LogP contribution is 2.33. The lowest BCUT2D eigenvalue weighted by molar-refractivity contribution is 0.00593. The quantitative estimate of drug-likeness (QED) is 0.402. The minimum atomic E-state index is -0.639.